The lowest BCUT2D eigenvalue weighted by Gasteiger charge is -2.43. The highest BCUT2D eigenvalue weighted by molar-refractivity contribution is 5.92. The fraction of sp³-hybridized carbons (Fsp3) is 0.588. The summed E-state index contributed by atoms with van der Waals surface area (Å²) in [7, 11) is 0. The Morgan fingerprint density at radius 3 is 3.05 bits per heavy atom. The molecule has 0 spiro atoms. The van der Waals surface area contributed by atoms with Crippen LogP contribution in [0.3, 0.4) is 0 Å². The van der Waals surface area contributed by atoms with Crippen molar-refractivity contribution in [3.8, 4) is 0 Å². The van der Waals surface area contributed by atoms with E-state index in [9.17, 15) is 9.18 Å². The molecule has 2 aliphatic heterocycles. The average Bonchev–Trinajstić information content (AvgIpc) is 2.51. The first kappa shape index (κ1) is 15.4. The minimum absolute atomic E-state index is 0.131. The van der Waals surface area contributed by atoms with Gasteiger partial charge in [-0.2, -0.15) is 0 Å². The molecule has 2 aliphatic rings. The molecule has 0 aromatic heterocycles. The van der Waals surface area contributed by atoms with Crippen molar-refractivity contribution in [2.24, 2.45) is 0 Å². The Morgan fingerprint density at radius 1 is 1.32 bits per heavy atom. The van der Waals surface area contributed by atoms with Crippen molar-refractivity contribution in [2.75, 3.05) is 38.0 Å². The van der Waals surface area contributed by atoms with Crippen LogP contribution in [-0.4, -0.2) is 54.5 Å². The van der Waals surface area contributed by atoms with Crippen LogP contribution in [0, 0.1) is 12.7 Å². The summed E-state index contributed by atoms with van der Waals surface area (Å²) in [6.45, 7) is 6.33. The predicted octanol–water partition coefficient (Wildman–Crippen LogP) is 2.24. The summed E-state index contributed by atoms with van der Waals surface area (Å²) >= 11 is 0. The molecule has 2 fully saturated rings. The first-order valence-electron chi connectivity index (χ1n) is 8.14. The van der Waals surface area contributed by atoms with Crippen LogP contribution >= 0.6 is 0 Å². The van der Waals surface area contributed by atoms with Crippen molar-refractivity contribution in [1.29, 1.82) is 0 Å². The molecule has 2 saturated heterocycles. The van der Waals surface area contributed by atoms with E-state index >= 15 is 0 Å². The van der Waals surface area contributed by atoms with Crippen molar-refractivity contribution >= 4 is 11.6 Å². The number of nitrogens with zero attached hydrogens (tertiary/aromatic N) is 2. The van der Waals surface area contributed by atoms with Gasteiger partial charge in [-0.1, -0.05) is 12.5 Å². The zero-order valence-electron chi connectivity index (χ0n) is 13.1. The normalized spacial score (nSPS) is 23.1. The molecule has 1 aromatic rings. The number of rotatable bonds is 3. The molecule has 4 nitrogen and oxygen atoms in total. The van der Waals surface area contributed by atoms with Crippen molar-refractivity contribution in [1.82, 2.24) is 9.80 Å². The molecule has 120 valence electrons. The number of carbonyl (C=O) groups is 1. The second kappa shape index (κ2) is 6.75. The van der Waals surface area contributed by atoms with Gasteiger partial charge in [-0.25, -0.2) is 4.39 Å². The maximum atomic E-state index is 13.7. The van der Waals surface area contributed by atoms with Gasteiger partial charge in [0, 0.05) is 25.7 Å². The highest BCUT2D eigenvalue weighted by atomic mass is 19.1. The number of benzene rings is 1. The summed E-state index contributed by atoms with van der Waals surface area (Å²) in [4.78, 5) is 16.9. The van der Waals surface area contributed by atoms with Crippen LogP contribution in [0.5, 0.6) is 0 Å². The van der Waals surface area contributed by atoms with Gasteiger partial charge in [-0.05, 0) is 44.0 Å². The Bertz CT molecular complexity index is 549. The number of halogens is 1. The monoisotopic (exact) mass is 305 g/mol. The van der Waals surface area contributed by atoms with Gasteiger partial charge in [0.05, 0.1) is 12.2 Å². The molecule has 22 heavy (non-hydrogen) atoms. The molecule has 5 heteroatoms. The summed E-state index contributed by atoms with van der Waals surface area (Å²) in [5, 5.41) is 2.70. The third kappa shape index (κ3) is 3.65. The Kier molecular flexibility index (Phi) is 4.74. The lowest BCUT2D eigenvalue weighted by Crippen LogP contribution is -2.55. The molecule has 2 heterocycles. The number of aryl methyl sites for hydroxylation is 1. The zero-order chi connectivity index (χ0) is 15.5. The fourth-order valence-electron chi connectivity index (χ4n) is 3.49. The summed E-state index contributed by atoms with van der Waals surface area (Å²) in [5.74, 6) is -0.509. The quantitative estimate of drug-likeness (QED) is 0.930. The van der Waals surface area contributed by atoms with E-state index < -0.39 is 0 Å². The largest absolute Gasteiger partial charge is 0.322 e. The number of fused-ring (bicyclic) bond motifs is 1. The molecule has 0 saturated carbocycles. The number of carbonyl (C=O) groups excluding carboxylic acids is 1. The second-order valence-corrected chi connectivity index (χ2v) is 6.45. The zero-order valence-corrected chi connectivity index (χ0v) is 13.1. The van der Waals surface area contributed by atoms with E-state index in [1.807, 2.05) is 6.92 Å². The number of hydrogen-bond donors (Lipinski definition) is 1. The van der Waals surface area contributed by atoms with Gasteiger partial charge in [-0.15, -0.1) is 0 Å². The number of nitrogens with one attached hydrogen (secondary N) is 1. The van der Waals surface area contributed by atoms with Gasteiger partial charge in [0.25, 0.3) is 0 Å². The highest BCUT2D eigenvalue weighted by Crippen LogP contribution is 2.21. The average molecular weight is 305 g/mol. The van der Waals surface area contributed by atoms with Gasteiger partial charge in [0.15, 0.2) is 0 Å². The maximum Gasteiger partial charge on any atom is 0.238 e. The molecule has 1 aromatic carbocycles. The maximum absolute atomic E-state index is 13.7. The van der Waals surface area contributed by atoms with Crippen LogP contribution in [-0.2, 0) is 4.79 Å². The summed E-state index contributed by atoms with van der Waals surface area (Å²) < 4.78 is 13.7. The second-order valence-electron chi connectivity index (χ2n) is 6.45. The lowest BCUT2D eigenvalue weighted by atomic mass is 9.99. The van der Waals surface area contributed by atoms with Gasteiger partial charge in [0.1, 0.15) is 5.82 Å². The SMILES string of the molecule is Cc1ccc(F)c(NC(=O)CN2CCN3CCCC[C@H]3C2)c1. The van der Waals surface area contributed by atoms with Crippen LogP contribution < -0.4 is 5.32 Å². The molecule has 0 unspecified atom stereocenters. The molecule has 0 aliphatic carbocycles. The van der Waals surface area contributed by atoms with Gasteiger partial charge < -0.3 is 5.32 Å². The van der Waals surface area contributed by atoms with E-state index in [-0.39, 0.29) is 17.4 Å². The van der Waals surface area contributed by atoms with Crippen LogP contribution in [0.25, 0.3) is 0 Å². The minimum atomic E-state index is -0.379. The summed E-state index contributed by atoms with van der Waals surface area (Å²) in [5.41, 5.74) is 1.22. The number of hydrogen-bond acceptors (Lipinski definition) is 3. The smallest absolute Gasteiger partial charge is 0.238 e. The standard InChI is InChI=1S/C17H24FN3O/c1-13-5-6-15(18)16(10-13)19-17(22)12-20-8-9-21-7-3-2-4-14(21)11-20/h5-6,10,14H,2-4,7-9,11-12H2,1H3,(H,19,22)/t14-/m0/s1. The molecule has 3 rings (SSSR count). The van der Waals surface area contributed by atoms with E-state index in [1.54, 1.807) is 12.1 Å². The van der Waals surface area contributed by atoms with Crippen molar-refractivity contribution < 1.29 is 9.18 Å². The number of piperazine rings is 1. The third-order valence-corrected chi connectivity index (χ3v) is 4.68. The van der Waals surface area contributed by atoms with Crippen LogP contribution in [0.4, 0.5) is 10.1 Å². The van der Waals surface area contributed by atoms with Crippen molar-refractivity contribution in [2.45, 2.75) is 32.2 Å². The molecule has 0 radical (unpaired) electrons. The Labute approximate surface area is 131 Å². The predicted molar refractivity (Wildman–Crippen MR) is 85.4 cm³/mol. The van der Waals surface area contributed by atoms with E-state index in [0.29, 0.717) is 12.6 Å². The van der Waals surface area contributed by atoms with E-state index in [4.69, 9.17) is 0 Å². The molecular weight excluding hydrogens is 281 g/mol. The molecular formula is C17H24FN3O. The van der Waals surface area contributed by atoms with Crippen molar-refractivity contribution in [3.05, 3.63) is 29.6 Å². The van der Waals surface area contributed by atoms with Gasteiger partial charge >= 0.3 is 0 Å². The number of anilines is 1. The first-order chi connectivity index (χ1) is 10.6. The topological polar surface area (TPSA) is 35.6 Å². The molecule has 0 bridgehead atoms. The number of piperidine rings is 1. The Hall–Kier alpha value is -1.46. The van der Waals surface area contributed by atoms with Crippen LogP contribution in [0.1, 0.15) is 24.8 Å². The van der Waals surface area contributed by atoms with Gasteiger partial charge in [0.2, 0.25) is 5.91 Å². The van der Waals surface area contributed by atoms with E-state index in [1.165, 1.54) is 31.9 Å². The van der Waals surface area contributed by atoms with Crippen LogP contribution in [0.2, 0.25) is 0 Å². The van der Waals surface area contributed by atoms with E-state index in [2.05, 4.69) is 15.1 Å². The fourth-order valence-corrected chi connectivity index (χ4v) is 3.49. The van der Waals surface area contributed by atoms with Gasteiger partial charge in [-0.3, -0.25) is 14.6 Å². The molecule has 1 N–H and O–H groups in total. The Morgan fingerprint density at radius 2 is 2.18 bits per heavy atom. The summed E-state index contributed by atoms with van der Waals surface area (Å²) in [6.07, 6.45) is 3.81. The lowest BCUT2D eigenvalue weighted by molar-refractivity contribution is -0.118. The van der Waals surface area contributed by atoms with Crippen molar-refractivity contribution in [3.63, 3.8) is 0 Å². The Balaban J connectivity index is 1.54. The van der Waals surface area contributed by atoms with E-state index in [0.717, 1.165) is 25.2 Å². The summed E-state index contributed by atoms with van der Waals surface area (Å²) in [6, 6.07) is 5.36. The molecule has 1 atom stereocenters. The first-order valence-corrected chi connectivity index (χ1v) is 8.14. The highest BCUT2D eigenvalue weighted by Gasteiger charge is 2.29. The molecule has 1 amide bonds. The van der Waals surface area contributed by atoms with Crippen LogP contribution in [0.15, 0.2) is 18.2 Å². The number of amides is 1. The third-order valence-electron chi connectivity index (χ3n) is 4.68. The minimum Gasteiger partial charge on any atom is -0.322 e.